The summed E-state index contributed by atoms with van der Waals surface area (Å²) in [5, 5.41) is 0. The minimum absolute atomic E-state index is 0.155. The maximum absolute atomic E-state index is 12.7. The van der Waals surface area contributed by atoms with Gasteiger partial charge in [0.1, 0.15) is 6.29 Å². The minimum atomic E-state index is -1.47. The average Bonchev–Trinajstić information content (AvgIpc) is 3.10. The lowest BCUT2D eigenvalue weighted by Gasteiger charge is -2.28. The van der Waals surface area contributed by atoms with Gasteiger partial charge in [0, 0.05) is 27.1 Å². The van der Waals surface area contributed by atoms with Crippen LogP contribution in [-0.4, -0.2) is 38.4 Å². The fourth-order valence-corrected chi connectivity index (χ4v) is 3.75. The van der Waals surface area contributed by atoms with Crippen LogP contribution in [0.2, 0.25) is 0 Å². The van der Waals surface area contributed by atoms with Crippen LogP contribution in [0.25, 0.3) is 0 Å². The van der Waals surface area contributed by atoms with Gasteiger partial charge in [-0.3, -0.25) is 4.79 Å². The predicted molar refractivity (Wildman–Crippen MR) is 111 cm³/mol. The molecule has 0 saturated carbocycles. The third-order valence-corrected chi connectivity index (χ3v) is 5.53. The molecule has 1 aliphatic heterocycles. The number of aldehydes is 1. The Morgan fingerprint density at radius 2 is 1.61 bits per heavy atom. The molecule has 0 amide bonds. The Morgan fingerprint density at radius 1 is 1.00 bits per heavy atom. The molecule has 0 radical (unpaired) electrons. The summed E-state index contributed by atoms with van der Waals surface area (Å²) in [4.78, 5) is 24.0. The molecule has 0 bridgehead atoms. The number of hydrogen-bond acceptors (Lipinski definition) is 5. The molecule has 0 aliphatic carbocycles. The molecule has 0 spiro atoms. The van der Waals surface area contributed by atoms with E-state index in [9.17, 15) is 9.59 Å². The third kappa shape index (κ3) is 8.14. The molecule has 0 aromatic carbocycles. The second-order valence-corrected chi connectivity index (χ2v) is 7.68. The lowest BCUT2D eigenvalue weighted by Crippen LogP contribution is -2.47. The zero-order chi connectivity index (χ0) is 20.7. The molecule has 0 N–H and O–H groups in total. The molecule has 1 aliphatic rings. The Bertz CT molecular complexity index is 462. The highest BCUT2D eigenvalue weighted by atomic mass is 16.8. The van der Waals surface area contributed by atoms with Crippen LogP contribution in [0.5, 0.6) is 0 Å². The van der Waals surface area contributed by atoms with Crippen LogP contribution in [0.1, 0.15) is 90.4 Å². The van der Waals surface area contributed by atoms with Gasteiger partial charge in [-0.25, -0.2) is 0 Å². The van der Waals surface area contributed by atoms with Crippen LogP contribution in [-0.2, 0) is 23.8 Å². The first kappa shape index (κ1) is 25.0. The maximum atomic E-state index is 12.7. The van der Waals surface area contributed by atoms with Gasteiger partial charge in [0.25, 0.3) is 0 Å². The Balaban J connectivity index is 2.14. The molecule has 1 saturated heterocycles. The van der Waals surface area contributed by atoms with Crippen molar-refractivity contribution in [2.75, 3.05) is 14.2 Å². The molecule has 3 unspecified atom stereocenters. The highest BCUT2D eigenvalue weighted by Gasteiger charge is 2.54. The van der Waals surface area contributed by atoms with Gasteiger partial charge in [0.05, 0.1) is 5.92 Å². The van der Waals surface area contributed by atoms with Crippen LogP contribution >= 0.6 is 0 Å². The summed E-state index contributed by atoms with van der Waals surface area (Å²) in [5.41, 5.74) is 0. The topological polar surface area (TPSA) is 61.8 Å². The number of carbonyl (C=O) groups excluding carboxylic acids is 2. The van der Waals surface area contributed by atoms with E-state index in [2.05, 4.69) is 19.1 Å². The summed E-state index contributed by atoms with van der Waals surface area (Å²) in [6.45, 7) is 2.24. The SMILES string of the molecule is CCCCCCC=CCCCCCCCC(=O)C1(OC)OC(OC)CC1C=O. The first-order chi connectivity index (χ1) is 13.6. The van der Waals surface area contributed by atoms with E-state index >= 15 is 0 Å². The van der Waals surface area contributed by atoms with Crippen LogP contribution < -0.4 is 0 Å². The number of carbonyl (C=O) groups is 2. The van der Waals surface area contributed by atoms with Crippen molar-refractivity contribution in [1.82, 2.24) is 0 Å². The number of allylic oxidation sites excluding steroid dienone is 2. The van der Waals surface area contributed by atoms with E-state index in [4.69, 9.17) is 14.2 Å². The van der Waals surface area contributed by atoms with Crippen molar-refractivity contribution >= 4 is 12.1 Å². The van der Waals surface area contributed by atoms with Crippen molar-refractivity contribution in [2.24, 2.45) is 5.92 Å². The van der Waals surface area contributed by atoms with Gasteiger partial charge in [-0.15, -0.1) is 0 Å². The summed E-state index contributed by atoms with van der Waals surface area (Å²) >= 11 is 0. The summed E-state index contributed by atoms with van der Waals surface area (Å²) < 4.78 is 16.2. The van der Waals surface area contributed by atoms with E-state index in [1.165, 1.54) is 59.2 Å². The van der Waals surface area contributed by atoms with Gasteiger partial charge in [0.2, 0.25) is 5.79 Å². The Labute approximate surface area is 171 Å². The molecule has 1 heterocycles. The van der Waals surface area contributed by atoms with Crippen molar-refractivity contribution in [3.63, 3.8) is 0 Å². The van der Waals surface area contributed by atoms with E-state index in [1.807, 2.05) is 0 Å². The van der Waals surface area contributed by atoms with Crippen molar-refractivity contribution in [1.29, 1.82) is 0 Å². The molecule has 5 heteroatoms. The quantitative estimate of drug-likeness (QED) is 0.188. The smallest absolute Gasteiger partial charge is 0.240 e. The summed E-state index contributed by atoms with van der Waals surface area (Å²) in [7, 11) is 2.92. The van der Waals surface area contributed by atoms with E-state index in [0.29, 0.717) is 12.8 Å². The third-order valence-electron chi connectivity index (χ3n) is 5.53. The molecular weight excluding hydrogens is 356 g/mol. The molecule has 28 heavy (non-hydrogen) atoms. The summed E-state index contributed by atoms with van der Waals surface area (Å²) in [6, 6.07) is 0. The molecule has 3 atom stereocenters. The summed E-state index contributed by atoms with van der Waals surface area (Å²) in [6.07, 6.45) is 18.5. The van der Waals surface area contributed by atoms with Crippen molar-refractivity contribution in [3.05, 3.63) is 12.2 Å². The Hall–Kier alpha value is -1.04. The zero-order valence-corrected chi connectivity index (χ0v) is 18.1. The first-order valence-corrected chi connectivity index (χ1v) is 11.0. The van der Waals surface area contributed by atoms with E-state index in [0.717, 1.165) is 32.0 Å². The van der Waals surface area contributed by atoms with E-state index in [-0.39, 0.29) is 5.78 Å². The highest BCUT2D eigenvalue weighted by Crippen LogP contribution is 2.38. The lowest BCUT2D eigenvalue weighted by molar-refractivity contribution is -0.252. The van der Waals surface area contributed by atoms with Gasteiger partial charge in [-0.05, 0) is 32.1 Å². The van der Waals surface area contributed by atoms with Gasteiger partial charge < -0.3 is 19.0 Å². The van der Waals surface area contributed by atoms with Crippen LogP contribution in [0.3, 0.4) is 0 Å². The summed E-state index contributed by atoms with van der Waals surface area (Å²) in [5.74, 6) is -2.23. The number of ether oxygens (including phenoxy) is 3. The lowest BCUT2D eigenvalue weighted by atomic mass is 9.92. The fourth-order valence-electron chi connectivity index (χ4n) is 3.75. The molecule has 0 aromatic heterocycles. The number of unbranched alkanes of at least 4 members (excludes halogenated alkanes) is 9. The number of Topliss-reactive ketones (excluding diaryl/α,β-unsaturated/α-hetero) is 1. The van der Waals surface area contributed by atoms with E-state index in [1.54, 1.807) is 0 Å². The normalized spacial score (nSPS) is 24.8. The first-order valence-electron chi connectivity index (χ1n) is 11.0. The average molecular weight is 397 g/mol. The second kappa shape index (κ2) is 14.9. The Kier molecular flexibility index (Phi) is 13.3. The molecule has 1 rings (SSSR count). The molecular formula is C23H40O5. The van der Waals surface area contributed by atoms with Crippen molar-refractivity contribution in [2.45, 2.75) is 102 Å². The predicted octanol–water partition coefficient (Wildman–Crippen LogP) is 5.36. The van der Waals surface area contributed by atoms with Crippen LogP contribution in [0.15, 0.2) is 12.2 Å². The largest absolute Gasteiger partial charge is 0.356 e. The van der Waals surface area contributed by atoms with Gasteiger partial charge >= 0.3 is 0 Å². The van der Waals surface area contributed by atoms with Gasteiger partial charge in [-0.2, -0.15) is 0 Å². The fraction of sp³-hybridized carbons (Fsp3) is 0.826. The van der Waals surface area contributed by atoms with Gasteiger partial charge in [-0.1, -0.05) is 57.6 Å². The monoisotopic (exact) mass is 396 g/mol. The minimum Gasteiger partial charge on any atom is -0.356 e. The molecule has 5 nitrogen and oxygen atoms in total. The van der Waals surface area contributed by atoms with Crippen LogP contribution in [0, 0.1) is 5.92 Å². The molecule has 162 valence electrons. The standard InChI is InChI=1S/C23H40O5/c1-4-5-6-7-8-9-10-11-12-13-14-15-16-17-21(25)23(27-3)20(19-24)18-22(26-2)28-23/h9-10,19-20,22H,4-8,11-18H2,1-3H3. The maximum Gasteiger partial charge on any atom is 0.240 e. The van der Waals surface area contributed by atoms with Crippen molar-refractivity contribution in [3.8, 4) is 0 Å². The van der Waals surface area contributed by atoms with Crippen LogP contribution in [0.4, 0.5) is 0 Å². The van der Waals surface area contributed by atoms with Gasteiger partial charge in [0.15, 0.2) is 12.1 Å². The second-order valence-electron chi connectivity index (χ2n) is 7.68. The molecule has 1 fully saturated rings. The number of hydrogen-bond donors (Lipinski definition) is 0. The zero-order valence-electron chi connectivity index (χ0n) is 18.1. The number of rotatable bonds is 17. The highest BCUT2D eigenvalue weighted by molar-refractivity contribution is 5.89. The Morgan fingerprint density at radius 3 is 2.18 bits per heavy atom. The number of methoxy groups -OCH3 is 2. The molecule has 0 aromatic rings. The number of ketones is 1. The van der Waals surface area contributed by atoms with Crippen molar-refractivity contribution < 1.29 is 23.8 Å². The van der Waals surface area contributed by atoms with E-state index < -0.39 is 18.0 Å².